The molecule has 9 aromatic rings. The number of benzene rings is 9. The van der Waals surface area contributed by atoms with E-state index in [2.05, 4.69) is 260 Å². The number of fused-ring (bicyclic) bond motifs is 3. The summed E-state index contributed by atoms with van der Waals surface area (Å²) in [6, 6.07) is 95.0. The zero-order valence-corrected chi connectivity index (χ0v) is 40.9. The molecule has 4 nitrogen and oxygen atoms in total. The number of hydrogen-bond donors (Lipinski definition) is 0. The maximum atomic E-state index is 6.26. The molecule has 0 fully saturated rings. The van der Waals surface area contributed by atoms with Crippen molar-refractivity contribution in [1.82, 2.24) is 4.90 Å². The fourth-order valence-electron chi connectivity index (χ4n) is 10.6. The molecule has 0 saturated carbocycles. The highest BCUT2D eigenvalue weighted by Crippen LogP contribution is 2.61. The molecule has 3 heterocycles. The highest BCUT2D eigenvalue weighted by molar-refractivity contribution is 7.83. The number of rotatable bonds is 6. The Bertz CT molecular complexity index is 2840. The second-order valence-corrected chi connectivity index (χ2v) is 27.6. The van der Waals surface area contributed by atoms with E-state index in [1.807, 2.05) is 0 Å². The minimum atomic E-state index is -2.65. The third-order valence-corrected chi connectivity index (χ3v) is 25.2. The summed E-state index contributed by atoms with van der Waals surface area (Å²) in [5.41, 5.74) is 6.83. The van der Waals surface area contributed by atoms with Crippen LogP contribution in [-0.2, 0) is 19.6 Å². The van der Waals surface area contributed by atoms with E-state index >= 15 is 0 Å². The summed E-state index contributed by atoms with van der Waals surface area (Å²) in [4.78, 5) is 2.58. The second-order valence-electron chi connectivity index (χ2n) is 18.2. The van der Waals surface area contributed by atoms with Crippen molar-refractivity contribution in [2.45, 2.75) is 19.6 Å². The van der Waals surface area contributed by atoms with Crippen molar-refractivity contribution >= 4 is 70.1 Å². The van der Waals surface area contributed by atoms with Crippen LogP contribution in [-0.4, -0.2) is 23.4 Å². The van der Waals surface area contributed by atoms with E-state index in [1.165, 1.54) is 48.5 Å². The van der Waals surface area contributed by atoms with E-state index in [0.717, 1.165) is 55.2 Å². The molecule has 8 bridgehead atoms. The summed E-state index contributed by atoms with van der Waals surface area (Å²) in [6.07, 6.45) is 2.47. The summed E-state index contributed by atoms with van der Waals surface area (Å²) < 4.78 is 18.8. The fraction of sp³-hybridized carbons (Fsp3) is 0.115. The molecule has 0 amide bonds. The number of nitrogens with zero attached hydrogens (tertiary/aromatic N) is 4. The molecule has 0 spiro atoms. The first-order valence-electron chi connectivity index (χ1n) is 23.7. The Kier molecular flexibility index (Phi) is 12.8. The van der Waals surface area contributed by atoms with Gasteiger partial charge in [0.15, 0.2) is 0 Å². The lowest BCUT2D eigenvalue weighted by Gasteiger charge is -2.38. The fourth-order valence-corrected chi connectivity index (χ4v) is 22.8. The smallest absolute Gasteiger partial charge is 0.0624 e. The van der Waals surface area contributed by atoms with Gasteiger partial charge in [-0.25, -0.2) is 0 Å². The molecule has 0 aromatic heterocycles. The van der Waals surface area contributed by atoms with E-state index < -0.39 is 21.2 Å². The van der Waals surface area contributed by atoms with E-state index in [-0.39, 0.29) is 5.92 Å². The van der Waals surface area contributed by atoms with Crippen LogP contribution in [0.4, 0.5) is 17.1 Å². The Morgan fingerprint density at radius 2 is 0.515 bits per heavy atom. The number of hydrogen-bond acceptors (Lipinski definition) is 4. The van der Waals surface area contributed by atoms with Gasteiger partial charge in [-0.3, -0.25) is 19.1 Å². The highest BCUT2D eigenvalue weighted by atomic mass is 31.2. The predicted molar refractivity (Wildman–Crippen MR) is 294 cm³/mol. The van der Waals surface area contributed by atoms with Crippen LogP contribution in [0.25, 0.3) is 0 Å². The lowest BCUT2D eigenvalue weighted by molar-refractivity contribution is 0.248. The van der Waals surface area contributed by atoms with Gasteiger partial charge >= 0.3 is 0 Å². The van der Waals surface area contributed by atoms with Crippen molar-refractivity contribution in [1.29, 1.82) is 0 Å². The standard InChI is InChI=1S/C61H55N4P3/c1-7-28-56(29-8-1)66(57-30-9-2-10-31-57)46-52-47-67(58-32-11-3-12-33-58,59-34-13-4-14-35-59)63-54-26-20-23-50(41-54)44-65(43-49-22-19-25-53(40-49)62-66)45-51-24-21-27-55(42-51)64-68(48-52,60-36-15-5-16-37-60)61-38-17-6-18-39-61/h1-42,52H,43-48H2. The first-order chi connectivity index (χ1) is 33.6. The minimum absolute atomic E-state index is 0.0633. The quantitative estimate of drug-likeness (QED) is 0.153. The van der Waals surface area contributed by atoms with Gasteiger partial charge in [0.2, 0.25) is 0 Å². The zero-order chi connectivity index (χ0) is 45.6. The van der Waals surface area contributed by atoms with Crippen molar-refractivity contribution in [3.63, 3.8) is 0 Å². The normalized spacial score (nSPS) is 18.4. The Labute approximate surface area is 402 Å². The molecular formula is C61H55N4P3. The van der Waals surface area contributed by atoms with Gasteiger partial charge in [0, 0.05) is 40.8 Å². The summed E-state index contributed by atoms with van der Waals surface area (Å²) in [7, 11) is -7.95. The summed E-state index contributed by atoms with van der Waals surface area (Å²) in [6.45, 7) is 2.27. The average Bonchev–Trinajstić information content (AvgIpc) is 3.39. The Hall–Kier alpha value is -6.37. The molecule has 68 heavy (non-hydrogen) atoms. The second kappa shape index (κ2) is 19.7. The molecule has 0 N–H and O–H groups in total. The molecular weight excluding hydrogens is 882 g/mol. The topological polar surface area (TPSA) is 40.3 Å². The summed E-state index contributed by atoms with van der Waals surface area (Å²) in [5, 5.41) is 7.70. The van der Waals surface area contributed by atoms with Gasteiger partial charge < -0.3 is 0 Å². The lowest BCUT2D eigenvalue weighted by atomic mass is 10.1. The molecule has 9 aromatic carbocycles. The molecule has 0 radical (unpaired) electrons. The van der Waals surface area contributed by atoms with Crippen LogP contribution in [0.5, 0.6) is 0 Å². The molecule has 0 aliphatic carbocycles. The van der Waals surface area contributed by atoms with E-state index in [1.54, 1.807) is 0 Å². The van der Waals surface area contributed by atoms with Gasteiger partial charge in [-0.05, 0) is 109 Å². The van der Waals surface area contributed by atoms with Gasteiger partial charge in [-0.2, -0.15) is 0 Å². The maximum absolute atomic E-state index is 6.26. The third kappa shape index (κ3) is 9.16. The molecule has 3 aliphatic rings. The molecule has 3 aliphatic heterocycles. The highest BCUT2D eigenvalue weighted by Gasteiger charge is 2.39. The van der Waals surface area contributed by atoms with E-state index in [9.17, 15) is 0 Å². The van der Waals surface area contributed by atoms with Crippen molar-refractivity contribution in [2.24, 2.45) is 20.2 Å². The molecule has 12 rings (SSSR count). The molecule has 7 heteroatoms. The zero-order valence-electron chi connectivity index (χ0n) is 38.2. The molecule has 334 valence electrons. The summed E-state index contributed by atoms with van der Waals surface area (Å²) in [5.74, 6) is 0.0633. The van der Waals surface area contributed by atoms with E-state index in [0.29, 0.717) is 0 Å². The van der Waals surface area contributed by atoms with Crippen LogP contribution in [0.3, 0.4) is 0 Å². The lowest BCUT2D eigenvalue weighted by Crippen LogP contribution is -2.32. The van der Waals surface area contributed by atoms with Crippen molar-refractivity contribution in [3.05, 3.63) is 271 Å². The Morgan fingerprint density at radius 1 is 0.279 bits per heavy atom. The molecule has 0 atom stereocenters. The predicted octanol–water partition coefficient (Wildman–Crippen LogP) is 14.0. The van der Waals surface area contributed by atoms with Crippen LogP contribution in [0.2, 0.25) is 0 Å². The SMILES string of the molecule is c1ccc(P2(c3ccccc3)=Nc3cccc(c3)CN3Cc4cccc(c4)N=P(c4ccccc4)(c4ccccc4)CC(C2)CP(c2ccccc2)(c2ccccc2)=Nc2cccc(c2)C3)cc1. The van der Waals surface area contributed by atoms with Gasteiger partial charge in [0.1, 0.15) is 0 Å². The van der Waals surface area contributed by atoms with Crippen LogP contribution < -0.4 is 31.8 Å². The van der Waals surface area contributed by atoms with Crippen LogP contribution in [0.1, 0.15) is 16.7 Å². The first-order valence-corrected chi connectivity index (χ1v) is 29.5. The molecule has 0 saturated heterocycles. The first kappa shape index (κ1) is 44.2. The third-order valence-electron chi connectivity index (χ3n) is 13.5. The average molecular weight is 937 g/mol. The van der Waals surface area contributed by atoms with Crippen LogP contribution in [0.15, 0.2) is 269 Å². The van der Waals surface area contributed by atoms with Gasteiger partial charge in [-0.1, -0.05) is 218 Å². The maximum Gasteiger partial charge on any atom is 0.0624 e. The van der Waals surface area contributed by atoms with Crippen molar-refractivity contribution in [3.8, 4) is 0 Å². The van der Waals surface area contributed by atoms with Crippen molar-refractivity contribution < 1.29 is 0 Å². The van der Waals surface area contributed by atoms with Gasteiger partial charge in [-0.15, -0.1) is 0 Å². The minimum Gasteiger partial charge on any atom is -0.291 e. The largest absolute Gasteiger partial charge is 0.291 e. The molecule has 0 unspecified atom stereocenters. The van der Waals surface area contributed by atoms with Gasteiger partial charge in [0.25, 0.3) is 0 Å². The van der Waals surface area contributed by atoms with Crippen molar-refractivity contribution in [2.75, 3.05) is 18.5 Å². The Morgan fingerprint density at radius 3 is 0.750 bits per heavy atom. The van der Waals surface area contributed by atoms with Crippen LogP contribution >= 0.6 is 21.2 Å². The Balaban J connectivity index is 1.32. The monoisotopic (exact) mass is 936 g/mol. The summed E-state index contributed by atoms with van der Waals surface area (Å²) >= 11 is 0. The van der Waals surface area contributed by atoms with E-state index in [4.69, 9.17) is 14.2 Å². The van der Waals surface area contributed by atoms with Gasteiger partial charge in [0.05, 0.1) is 17.1 Å². The van der Waals surface area contributed by atoms with Crippen LogP contribution in [0, 0.1) is 5.92 Å².